The number of aliphatic hydroxyl groups is 1. The number of nitrogens with zero attached hydrogens (tertiary/aromatic N) is 4. The Morgan fingerprint density at radius 2 is 2.00 bits per heavy atom. The summed E-state index contributed by atoms with van der Waals surface area (Å²) in [5.41, 5.74) is 5.71. The van der Waals surface area contributed by atoms with E-state index in [1.54, 1.807) is 12.3 Å². The number of nitrogen functional groups attached to an aromatic ring is 1. The average molecular weight is 342 g/mol. The van der Waals surface area contributed by atoms with Gasteiger partial charge in [0.2, 0.25) is 0 Å². The quantitative estimate of drug-likeness (QED) is 0.671. The highest BCUT2D eigenvalue weighted by molar-refractivity contribution is 7.19. The van der Waals surface area contributed by atoms with E-state index in [9.17, 15) is 5.11 Å². The Hall–Kier alpha value is -2.32. The molecule has 3 aromatic heterocycles. The van der Waals surface area contributed by atoms with E-state index in [4.69, 9.17) is 5.73 Å². The molecular formula is C16H18N6OS. The molecule has 4 N–H and O–H groups in total. The van der Waals surface area contributed by atoms with Gasteiger partial charge in [-0.05, 0) is 18.9 Å². The Morgan fingerprint density at radius 1 is 1.17 bits per heavy atom. The smallest absolute Gasteiger partial charge is 0.151 e. The van der Waals surface area contributed by atoms with Crippen LogP contribution in [0.5, 0.6) is 0 Å². The highest BCUT2D eigenvalue weighted by atomic mass is 32.1. The van der Waals surface area contributed by atoms with Gasteiger partial charge in [-0.3, -0.25) is 0 Å². The van der Waals surface area contributed by atoms with Crippen LogP contribution in [0.3, 0.4) is 0 Å². The van der Waals surface area contributed by atoms with Crippen LogP contribution in [0.4, 0.5) is 17.5 Å². The van der Waals surface area contributed by atoms with E-state index < -0.39 is 5.60 Å². The summed E-state index contributed by atoms with van der Waals surface area (Å²) in [6.45, 7) is 0. The van der Waals surface area contributed by atoms with Gasteiger partial charge in [0.15, 0.2) is 5.82 Å². The molecule has 1 aliphatic rings. The summed E-state index contributed by atoms with van der Waals surface area (Å²) >= 11 is 1.49. The normalized spacial score (nSPS) is 17.0. The number of hydrogen-bond donors (Lipinski definition) is 3. The van der Waals surface area contributed by atoms with Gasteiger partial charge >= 0.3 is 0 Å². The second-order valence-electron chi connectivity index (χ2n) is 6.07. The van der Waals surface area contributed by atoms with Crippen LogP contribution in [-0.4, -0.2) is 25.0 Å². The first kappa shape index (κ1) is 15.2. The lowest BCUT2D eigenvalue weighted by Gasteiger charge is -2.29. The monoisotopic (exact) mass is 342 g/mol. The zero-order chi connectivity index (χ0) is 16.6. The lowest BCUT2D eigenvalue weighted by atomic mass is 9.85. The molecule has 4 rings (SSSR count). The maximum atomic E-state index is 10.9. The topological polar surface area (TPSA) is 110 Å². The highest BCUT2D eigenvalue weighted by Gasteiger charge is 2.34. The predicted molar refractivity (Wildman–Crippen MR) is 94.1 cm³/mol. The Kier molecular flexibility index (Phi) is 3.78. The summed E-state index contributed by atoms with van der Waals surface area (Å²) in [6, 6.07) is 3.51. The molecule has 0 spiro atoms. The fraction of sp³-hybridized carbons (Fsp3) is 0.375. The van der Waals surface area contributed by atoms with Crippen LogP contribution in [0.2, 0.25) is 0 Å². The van der Waals surface area contributed by atoms with Gasteiger partial charge in [-0.15, -0.1) is 11.3 Å². The average Bonchev–Trinajstić information content (AvgIpc) is 3.02. The van der Waals surface area contributed by atoms with E-state index in [1.807, 2.05) is 6.07 Å². The Labute approximate surface area is 143 Å². The van der Waals surface area contributed by atoms with Crippen molar-refractivity contribution in [3.8, 4) is 0 Å². The van der Waals surface area contributed by atoms with Crippen LogP contribution in [0.1, 0.15) is 37.1 Å². The van der Waals surface area contributed by atoms with Crippen LogP contribution in [0.15, 0.2) is 24.7 Å². The summed E-state index contributed by atoms with van der Waals surface area (Å²) in [7, 11) is 0. The molecule has 0 bridgehead atoms. The first-order valence-electron chi connectivity index (χ1n) is 7.97. The van der Waals surface area contributed by atoms with Crippen molar-refractivity contribution in [1.82, 2.24) is 19.9 Å². The fourth-order valence-electron chi connectivity index (χ4n) is 3.06. The van der Waals surface area contributed by atoms with E-state index >= 15 is 0 Å². The number of anilines is 3. The third-order valence-corrected chi connectivity index (χ3v) is 5.59. The minimum absolute atomic E-state index is 0.390. The molecule has 0 aliphatic heterocycles. The van der Waals surface area contributed by atoms with Gasteiger partial charge in [-0.25, -0.2) is 19.9 Å². The molecule has 8 heteroatoms. The fourth-order valence-corrected chi connectivity index (χ4v) is 4.21. The lowest BCUT2D eigenvalue weighted by Crippen LogP contribution is -2.28. The molecule has 0 radical (unpaired) electrons. The van der Waals surface area contributed by atoms with Crippen LogP contribution in [0, 0.1) is 0 Å². The van der Waals surface area contributed by atoms with Crippen LogP contribution in [0.25, 0.3) is 10.2 Å². The van der Waals surface area contributed by atoms with E-state index in [1.165, 1.54) is 24.1 Å². The summed E-state index contributed by atoms with van der Waals surface area (Å²) in [5.74, 6) is 1.63. The van der Waals surface area contributed by atoms with Crippen molar-refractivity contribution in [2.24, 2.45) is 0 Å². The SMILES string of the molecule is Nc1cc(Nc2nccc3nc(C4(O)CCCCC4)sc23)ncn1. The van der Waals surface area contributed by atoms with Gasteiger partial charge in [-0.1, -0.05) is 19.3 Å². The third kappa shape index (κ3) is 2.78. The predicted octanol–water partition coefficient (Wildman–Crippen LogP) is 2.96. The highest BCUT2D eigenvalue weighted by Crippen LogP contribution is 2.41. The van der Waals surface area contributed by atoms with Crippen LogP contribution >= 0.6 is 11.3 Å². The Balaban J connectivity index is 1.72. The van der Waals surface area contributed by atoms with Crippen molar-refractivity contribution in [3.63, 3.8) is 0 Å². The van der Waals surface area contributed by atoms with Crippen LogP contribution < -0.4 is 11.1 Å². The molecule has 1 fully saturated rings. The van der Waals surface area contributed by atoms with Crippen molar-refractivity contribution in [1.29, 1.82) is 0 Å². The first-order chi connectivity index (χ1) is 11.6. The summed E-state index contributed by atoms with van der Waals surface area (Å²) in [4.78, 5) is 17.1. The summed E-state index contributed by atoms with van der Waals surface area (Å²) < 4.78 is 0.906. The van der Waals surface area contributed by atoms with Crippen molar-refractivity contribution in [3.05, 3.63) is 29.7 Å². The molecule has 0 saturated heterocycles. The van der Waals surface area contributed by atoms with Gasteiger partial charge in [-0.2, -0.15) is 0 Å². The molecule has 24 heavy (non-hydrogen) atoms. The largest absolute Gasteiger partial charge is 0.384 e. The second kappa shape index (κ2) is 5.95. The van der Waals surface area contributed by atoms with Gasteiger partial charge in [0.25, 0.3) is 0 Å². The van der Waals surface area contributed by atoms with Gasteiger partial charge in [0.05, 0.1) is 10.2 Å². The van der Waals surface area contributed by atoms with Gasteiger partial charge < -0.3 is 16.2 Å². The van der Waals surface area contributed by atoms with Gasteiger partial charge in [0.1, 0.15) is 28.6 Å². The van der Waals surface area contributed by atoms with Gasteiger partial charge in [0, 0.05) is 12.3 Å². The third-order valence-electron chi connectivity index (χ3n) is 4.32. The maximum absolute atomic E-state index is 10.9. The van der Waals surface area contributed by atoms with Crippen molar-refractivity contribution < 1.29 is 5.11 Å². The number of rotatable bonds is 3. The minimum atomic E-state index is -0.807. The number of aromatic nitrogens is 4. The van der Waals surface area contributed by atoms with E-state index in [0.717, 1.165) is 40.9 Å². The zero-order valence-corrected chi connectivity index (χ0v) is 13.9. The molecule has 7 nitrogen and oxygen atoms in total. The molecule has 1 saturated carbocycles. The Morgan fingerprint density at radius 3 is 2.79 bits per heavy atom. The summed E-state index contributed by atoms with van der Waals surface area (Å²) in [6.07, 6.45) is 7.89. The number of pyridine rings is 1. The molecule has 3 aromatic rings. The maximum Gasteiger partial charge on any atom is 0.151 e. The number of fused-ring (bicyclic) bond motifs is 1. The minimum Gasteiger partial charge on any atom is -0.384 e. The lowest BCUT2D eigenvalue weighted by molar-refractivity contribution is -0.000628. The molecular weight excluding hydrogens is 324 g/mol. The number of hydrogen-bond acceptors (Lipinski definition) is 8. The molecule has 1 aliphatic carbocycles. The first-order valence-corrected chi connectivity index (χ1v) is 8.79. The molecule has 0 unspecified atom stereocenters. The second-order valence-corrected chi connectivity index (χ2v) is 7.07. The molecule has 0 amide bonds. The zero-order valence-electron chi connectivity index (χ0n) is 13.1. The van der Waals surface area contributed by atoms with Crippen molar-refractivity contribution in [2.75, 3.05) is 11.1 Å². The van der Waals surface area contributed by atoms with E-state index in [2.05, 4.69) is 25.3 Å². The summed E-state index contributed by atoms with van der Waals surface area (Å²) in [5, 5.41) is 14.9. The van der Waals surface area contributed by atoms with Crippen molar-refractivity contribution in [2.45, 2.75) is 37.7 Å². The Bertz CT molecular complexity index is 874. The number of nitrogens with two attached hydrogens (primary N) is 1. The number of thiazole rings is 1. The standard InChI is InChI=1S/C16H18N6OS/c17-11-8-12(20-9-19-11)22-14-13-10(4-7-18-14)21-15(24-13)16(23)5-2-1-3-6-16/h4,7-9,23H,1-3,5-6H2,(H3,17,18,19,20,22). The molecule has 124 valence electrons. The van der Waals surface area contributed by atoms with Crippen molar-refractivity contribution >= 4 is 39.0 Å². The number of nitrogens with one attached hydrogen (secondary N) is 1. The molecule has 3 heterocycles. The molecule has 0 aromatic carbocycles. The molecule has 0 atom stereocenters. The van der Waals surface area contributed by atoms with E-state index in [0.29, 0.717) is 17.5 Å². The van der Waals surface area contributed by atoms with E-state index in [-0.39, 0.29) is 0 Å². The van der Waals surface area contributed by atoms with Crippen LogP contribution in [-0.2, 0) is 5.60 Å².